The third-order valence-electron chi connectivity index (χ3n) is 2.87. The van der Waals surface area contributed by atoms with Crippen molar-refractivity contribution in [2.24, 2.45) is 5.73 Å². The average Bonchev–Trinajstić information content (AvgIpc) is 2.51. The van der Waals surface area contributed by atoms with Gasteiger partial charge in [-0.25, -0.2) is 8.42 Å². The molecule has 4 nitrogen and oxygen atoms in total. The lowest BCUT2D eigenvalue weighted by Gasteiger charge is -2.25. The molecule has 1 rings (SSSR count). The van der Waals surface area contributed by atoms with E-state index in [1.165, 1.54) is 0 Å². The lowest BCUT2D eigenvalue weighted by Crippen LogP contribution is -2.45. The Morgan fingerprint density at radius 3 is 2.60 bits per heavy atom. The van der Waals surface area contributed by atoms with Gasteiger partial charge in [-0.3, -0.25) is 0 Å². The number of rotatable bonds is 4. The Balaban J connectivity index is 2.95. The van der Waals surface area contributed by atoms with E-state index >= 15 is 0 Å². The van der Waals surface area contributed by atoms with Crippen LogP contribution in [-0.2, 0) is 10.0 Å². The van der Waals surface area contributed by atoms with Crippen LogP contribution in [0.15, 0.2) is 0 Å². The van der Waals surface area contributed by atoms with E-state index in [1.807, 2.05) is 6.92 Å². The fourth-order valence-corrected chi connectivity index (χ4v) is 4.57. The van der Waals surface area contributed by atoms with Crippen LogP contribution in [-0.4, -0.2) is 35.5 Å². The summed E-state index contributed by atoms with van der Waals surface area (Å²) >= 11 is 4.81. The maximum Gasteiger partial charge on any atom is 0.223 e. The molecule has 0 spiro atoms. The minimum atomic E-state index is -3.33. The Morgan fingerprint density at radius 2 is 2.27 bits per heavy atom. The van der Waals surface area contributed by atoms with Gasteiger partial charge in [0.25, 0.3) is 0 Å². The van der Waals surface area contributed by atoms with Gasteiger partial charge in [-0.05, 0) is 26.2 Å². The summed E-state index contributed by atoms with van der Waals surface area (Å²) < 4.78 is 25.9. The van der Waals surface area contributed by atoms with Crippen molar-refractivity contribution in [1.29, 1.82) is 0 Å². The molecule has 0 radical (unpaired) electrons. The Morgan fingerprint density at radius 1 is 1.67 bits per heavy atom. The van der Waals surface area contributed by atoms with Crippen molar-refractivity contribution < 1.29 is 8.42 Å². The third kappa shape index (κ3) is 2.49. The van der Waals surface area contributed by atoms with Gasteiger partial charge in [-0.2, -0.15) is 4.31 Å². The third-order valence-corrected chi connectivity index (χ3v) is 5.80. The average molecular weight is 250 g/mol. The van der Waals surface area contributed by atoms with Crippen molar-refractivity contribution in [3.63, 3.8) is 0 Å². The monoisotopic (exact) mass is 250 g/mol. The van der Waals surface area contributed by atoms with Gasteiger partial charge in [0.15, 0.2) is 0 Å². The van der Waals surface area contributed by atoms with Crippen molar-refractivity contribution in [3.8, 4) is 0 Å². The van der Waals surface area contributed by atoms with E-state index in [-0.39, 0.29) is 11.0 Å². The zero-order valence-electron chi connectivity index (χ0n) is 9.14. The molecule has 2 N–H and O–H groups in total. The molecule has 2 atom stereocenters. The molecular formula is C9H18N2O2S2. The predicted molar refractivity (Wildman–Crippen MR) is 65.2 cm³/mol. The van der Waals surface area contributed by atoms with E-state index in [4.69, 9.17) is 18.0 Å². The normalized spacial score (nSPS) is 25.3. The molecule has 0 amide bonds. The SMILES string of the molecule is CCC(C(N)=S)S(=O)(=O)N1CCCC1C. The second kappa shape index (κ2) is 4.76. The zero-order valence-corrected chi connectivity index (χ0v) is 10.8. The lowest BCUT2D eigenvalue weighted by atomic mass is 10.3. The summed E-state index contributed by atoms with van der Waals surface area (Å²) in [5.74, 6) is 0. The maximum atomic E-state index is 12.2. The summed E-state index contributed by atoms with van der Waals surface area (Å²) in [6, 6.07) is 0.0819. The largest absolute Gasteiger partial charge is 0.392 e. The maximum absolute atomic E-state index is 12.2. The summed E-state index contributed by atoms with van der Waals surface area (Å²) in [5.41, 5.74) is 5.47. The van der Waals surface area contributed by atoms with Gasteiger partial charge in [0, 0.05) is 12.6 Å². The smallest absolute Gasteiger partial charge is 0.223 e. The van der Waals surface area contributed by atoms with E-state index in [0.717, 1.165) is 12.8 Å². The van der Waals surface area contributed by atoms with Gasteiger partial charge < -0.3 is 5.73 Å². The molecule has 1 saturated heterocycles. The van der Waals surface area contributed by atoms with Crippen LogP contribution in [0.4, 0.5) is 0 Å². The topological polar surface area (TPSA) is 63.4 Å². The van der Waals surface area contributed by atoms with Crippen molar-refractivity contribution in [3.05, 3.63) is 0 Å². The first kappa shape index (κ1) is 12.9. The number of hydrogen-bond donors (Lipinski definition) is 1. The van der Waals surface area contributed by atoms with Crippen LogP contribution >= 0.6 is 12.2 Å². The minimum Gasteiger partial charge on any atom is -0.392 e. The molecular weight excluding hydrogens is 232 g/mol. The van der Waals surface area contributed by atoms with Crippen LogP contribution in [0, 0.1) is 0 Å². The van der Waals surface area contributed by atoms with Gasteiger partial charge in [0.2, 0.25) is 10.0 Å². The Kier molecular flexibility index (Phi) is 4.08. The highest BCUT2D eigenvalue weighted by atomic mass is 32.2. The van der Waals surface area contributed by atoms with Gasteiger partial charge in [0.05, 0.1) is 4.99 Å². The number of thiocarbonyl (C=S) groups is 1. The van der Waals surface area contributed by atoms with Crippen LogP contribution in [0.3, 0.4) is 0 Å². The van der Waals surface area contributed by atoms with E-state index < -0.39 is 15.3 Å². The van der Waals surface area contributed by atoms with Crippen LogP contribution in [0.5, 0.6) is 0 Å². The summed E-state index contributed by atoms with van der Waals surface area (Å²) in [4.78, 5) is 0.0802. The molecule has 1 fully saturated rings. The standard InChI is InChI=1S/C9H18N2O2S2/c1-3-8(9(10)14)15(12,13)11-6-4-5-7(11)2/h7-8H,3-6H2,1-2H3,(H2,10,14). The highest BCUT2D eigenvalue weighted by molar-refractivity contribution is 7.92. The first-order valence-corrected chi connectivity index (χ1v) is 7.12. The number of hydrogen-bond acceptors (Lipinski definition) is 3. The summed E-state index contributed by atoms with van der Waals surface area (Å²) in [5, 5.41) is -0.701. The molecule has 1 aliphatic rings. The summed E-state index contributed by atoms with van der Waals surface area (Å²) in [6.45, 7) is 4.32. The summed E-state index contributed by atoms with van der Waals surface area (Å²) in [7, 11) is -3.33. The van der Waals surface area contributed by atoms with Crippen LogP contribution in [0.1, 0.15) is 33.1 Å². The molecule has 0 aliphatic carbocycles. The Hall–Kier alpha value is -0.200. The van der Waals surface area contributed by atoms with E-state index in [1.54, 1.807) is 11.2 Å². The van der Waals surface area contributed by atoms with Gasteiger partial charge in [-0.15, -0.1) is 0 Å². The molecule has 0 bridgehead atoms. The van der Waals surface area contributed by atoms with Crippen molar-refractivity contribution >= 4 is 27.2 Å². The van der Waals surface area contributed by atoms with Gasteiger partial charge >= 0.3 is 0 Å². The number of nitrogens with two attached hydrogens (primary N) is 1. The molecule has 0 saturated carbocycles. The Bertz CT molecular complexity index is 340. The van der Waals surface area contributed by atoms with E-state index in [0.29, 0.717) is 13.0 Å². The second-order valence-corrected chi connectivity index (χ2v) is 6.49. The lowest BCUT2D eigenvalue weighted by molar-refractivity contribution is 0.405. The molecule has 0 aromatic rings. The molecule has 88 valence electrons. The fourth-order valence-electron chi connectivity index (χ4n) is 2.01. The van der Waals surface area contributed by atoms with E-state index in [2.05, 4.69) is 0 Å². The minimum absolute atomic E-state index is 0.0802. The molecule has 2 unspecified atom stereocenters. The quantitative estimate of drug-likeness (QED) is 0.752. The first-order chi connectivity index (χ1) is 6.91. The molecule has 1 aliphatic heterocycles. The van der Waals surface area contributed by atoms with Gasteiger partial charge in [0.1, 0.15) is 5.25 Å². The molecule has 0 aromatic heterocycles. The summed E-state index contributed by atoms with van der Waals surface area (Å²) in [6.07, 6.45) is 2.29. The molecule has 0 aromatic carbocycles. The highest BCUT2D eigenvalue weighted by Gasteiger charge is 2.37. The number of nitrogens with zero attached hydrogens (tertiary/aromatic N) is 1. The molecule has 15 heavy (non-hydrogen) atoms. The van der Waals surface area contributed by atoms with Crippen molar-refractivity contribution in [2.45, 2.75) is 44.4 Å². The van der Waals surface area contributed by atoms with Crippen LogP contribution in [0.2, 0.25) is 0 Å². The molecule has 1 heterocycles. The fraction of sp³-hybridized carbons (Fsp3) is 0.889. The van der Waals surface area contributed by atoms with Crippen LogP contribution < -0.4 is 5.73 Å². The zero-order chi connectivity index (χ0) is 11.6. The number of sulfonamides is 1. The Labute approximate surface area is 96.9 Å². The van der Waals surface area contributed by atoms with Crippen molar-refractivity contribution in [1.82, 2.24) is 4.31 Å². The predicted octanol–water partition coefficient (Wildman–Crippen LogP) is 0.865. The molecule has 6 heteroatoms. The second-order valence-electron chi connectivity index (χ2n) is 3.95. The van der Waals surface area contributed by atoms with E-state index in [9.17, 15) is 8.42 Å². The first-order valence-electron chi connectivity index (χ1n) is 5.21. The van der Waals surface area contributed by atoms with Gasteiger partial charge in [-0.1, -0.05) is 19.1 Å². The highest BCUT2D eigenvalue weighted by Crippen LogP contribution is 2.24. The van der Waals surface area contributed by atoms with Crippen LogP contribution in [0.25, 0.3) is 0 Å². The van der Waals surface area contributed by atoms with Crippen molar-refractivity contribution in [2.75, 3.05) is 6.54 Å².